The Morgan fingerprint density at radius 1 is 1.11 bits per heavy atom. The van der Waals surface area contributed by atoms with E-state index in [1.807, 2.05) is 0 Å². The standard InChI is InChI=1S/C19H23N3O4S2/c1-13-9-10-14(11-17(13)28(25,26)20-2)21-19(24)15-7-5-6-8-16(15)27-12-18(23)22(3)4/h5-11,20H,12H2,1-4H3,(H,21,24). The molecule has 0 aliphatic carbocycles. The van der Waals surface area contributed by atoms with E-state index in [2.05, 4.69) is 10.0 Å². The summed E-state index contributed by atoms with van der Waals surface area (Å²) >= 11 is 1.28. The Balaban J connectivity index is 2.25. The van der Waals surface area contributed by atoms with Crippen molar-refractivity contribution in [1.29, 1.82) is 0 Å². The number of carbonyl (C=O) groups excluding carboxylic acids is 2. The van der Waals surface area contributed by atoms with Gasteiger partial charge in [0.25, 0.3) is 5.91 Å². The summed E-state index contributed by atoms with van der Waals surface area (Å²) in [6, 6.07) is 11.7. The first kappa shape index (κ1) is 21.9. The van der Waals surface area contributed by atoms with E-state index in [0.29, 0.717) is 21.7 Å². The fourth-order valence-electron chi connectivity index (χ4n) is 2.32. The largest absolute Gasteiger partial charge is 0.348 e. The number of hydrogen-bond acceptors (Lipinski definition) is 5. The molecule has 0 fully saturated rings. The van der Waals surface area contributed by atoms with E-state index in [9.17, 15) is 18.0 Å². The van der Waals surface area contributed by atoms with Gasteiger partial charge in [-0.2, -0.15) is 0 Å². The highest BCUT2D eigenvalue weighted by Crippen LogP contribution is 2.25. The number of thioether (sulfide) groups is 1. The number of nitrogens with one attached hydrogen (secondary N) is 2. The Labute approximate surface area is 169 Å². The monoisotopic (exact) mass is 421 g/mol. The summed E-state index contributed by atoms with van der Waals surface area (Å²) in [6.45, 7) is 1.68. The highest BCUT2D eigenvalue weighted by molar-refractivity contribution is 8.00. The summed E-state index contributed by atoms with van der Waals surface area (Å²) in [5, 5.41) is 2.73. The van der Waals surface area contributed by atoms with E-state index in [4.69, 9.17) is 0 Å². The molecule has 0 aliphatic heterocycles. The van der Waals surface area contributed by atoms with Crippen molar-refractivity contribution in [3.63, 3.8) is 0 Å². The van der Waals surface area contributed by atoms with Crippen molar-refractivity contribution < 1.29 is 18.0 Å². The molecule has 2 amide bonds. The Morgan fingerprint density at radius 2 is 1.79 bits per heavy atom. The second-order valence-electron chi connectivity index (χ2n) is 6.21. The zero-order valence-corrected chi connectivity index (χ0v) is 17.8. The van der Waals surface area contributed by atoms with Crippen LogP contribution in [0.1, 0.15) is 15.9 Å². The van der Waals surface area contributed by atoms with Crippen LogP contribution in [0.25, 0.3) is 0 Å². The Kier molecular flexibility index (Phi) is 7.22. The lowest BCUT2D eigenvalue weighted by molar-refractivity contribution is -0.125. The first-order valence-electron chi connectivity index (χ1n) is 8.43. The third kappa shape index (κ3) is 5.34. The van der Waals surface area contributed by atoms with Crippen molar-refractivity contribution >= 4 is 39.3 Å². The van der Waals surface area contributed by atoms with E-state index in [1.165, 1.54) is 29.8 Å². The van der Waals surface area contributed by atoms with Gasteiger partial charge in [0.15, 0.2) is 0 Å². The molecule has 0 bridgehead atoms. The van der Waals surface area contributed by atoms with Crippen molar-refractivity contribution in [2.75, 3.05) is 32.2 Å². The Morgan fingerprint density at radius 3 is 2.43 bits per heavy atom. The van der Waals surface area contributed by atoms with Crippen LogP contribution in [0, 0.1) is 6.92 Å². The molecule has 2 N–H and O–H groups in total. The smallest absolute Gasteiger partial charge is 0.256 e. The van der Waals surface area contributed by atoms with E-state index in [1.54, 1.807) is 57.4 Å². The maximum absolute atomic E-state index is 12.7. The summed E-state index contributed by atoms with van der Waals surface area (Å²) in [5.74, 6) is -0.218. The van der Waals surface area contributed by atoms with Crippen LogP contribution in [0.4, 0.5) is 5.69 Å². The number of aryl methyl sites for hydroxylation is 1. The maximum atomic E-state index is 12.7. The van der Waals surface area contributed by atoms with Crippen molar-refractivity contribution in [2.45, 2.75) is 16.7 Å². The molecule has 2 rings (SSSR count). The minimum Gasteiger partial charge on any atom is -0.348 e. The summed E-state index contributed by atoms with van der Waals surface area (Å²) in [6.07, 6.45) is 0. The zero-order chi connectivity index (χ0) is 20.9. The normalized spacial score (nSPS) is 11.1. The Hall–Kier alpha value is -2.36. The zero-order valence-electron chi connectivity index (χ0n) is 16.1. The van der Waals surface area contributed by atoms with Gasteiger partial charge in [-0.25, -0.2) is 13.1 Å². The van der Waals surface area contributed by atoms with Crippen LogP contribution in [-0.4, -0.2) is 52.0 Å². The van der Waals surface area contributed by atoms with E-state index in [0.717, 1.165) is 0 Å². The lowest BCUT2D eigenvalue weighted by atomic mass is 10.2. The van der Waals surface area contributed by atoms with Crippen LogP contribution < -0.4 is 10.0 Å². The minimum absolute atomic E-state index is 0.0549. The molecule has 150 valence electrons. The fraction of sp³-hybridized carbons (Fsp3) is 0.263. The number of nitrogens with zero attached hydrogens (tertiary/aromatic N) is 1. The predicted octanol–water partition coefficient (Wildman–Crippen LogP) is 2.34. The molecule has 0 spiro atoms. The van der Waals surface area contributed by atoms with Gasteiger partial charge in [0.2, 0.25) is 15.9 Å². The number of carbonyl (C=O) groups is 2. The second-order valence-corrected chi connectivity index (χ2v) is 9.09. The molecule has 2 aromatic carbocycles. The number of rotatable bonds is 7. The predicted molar refractivity (Wildman–Crippen MR) is 111 cm³/mol. The molecule has 28 heavy (non-hydrogen) atoms. The lowest BCUT2D eigenvalue weighted by Gasteiger charge is -2.13. The lowest BCUT2D eigenvalue weighted by Crippen LogP contribution is -2.23. The summed E-state index contributed by atoms with van der Waals surface area (Å²) in [4.78, 5) is 26.8. The molecule has 7 nitrogen and oxygen atoms in total. The quantitative estimate of drug-likeness (QED) is 0.669. The first-order valence-corrected chi connectivity index (χ1v) is 10.9. The van der Waals surface area contributed by atoms with Crippen LogP contribution >= 0.6 is 11.8 Å². The van der Waals surface area contributed by atoms with Gasteiger partial charge < -0.3 is 10.2 Å². The van der Waals surface area contributed by atoms with Crippen LogP contribution in [0.3, 0.4) is 0 Å². The second kappa shape index (κ2) is 9.22. The summed E-state index contributed by atoms with van der Waals surface area (Å²) in [7, 11) is 1.05. The topological polar surface area (TPSA) is 95.6 Å². The number of benzene rings is 2. The summed E-state index contributed by atoms with van der Waals surface area (Å²) < 4.78 is 26.5. The number of anilines is 1. The van der Waals surface area contributed by atoms with Gasteiger partial charge in [-0.15, -0.1) is 11.8 Å². The molecule has 9 heteroatoms. The average Bonchev–Trinajstić information content (AvgIpc) is 2.67. The van der Waals surface area contributed by atoms with Crippen LogP contribution in [-0.2, 0) is 14.8 Å². The highest BCUT2D eigenvalue weighted by Gasteiger charge is 2.17. The van der Waals surface area contributed by atoms with Crippen molar-refractivity contribution in [2.24, 2.45) is 0 Å². The van der Waals surface area contributed by atoms with Crippen LogP contribution in [0.15, 0.2) is 52.3 Å². The van der Waals surface area contributed by atoms with Gasteiger partial charge in [0.1, 0.15) is 0 Å². The number of sulfonamides is 1. The van der Waals surface area contributed by atoms with Crippen LogP contribution in [0.2, 0.25) is 0 Å². The van der Waals surface area contributed by atoms with Crippen molar-refractivity contribution in [3.8, 4) is 0 Å². The van der Waals surface area contributed by atoms with Gasteiger partial charge in [-0.1, -0.05) is 18.2 Å². The molecule has 0 aromatic heterocycles. The third-order valence-corrected chi connectivity index (χ3v) is 6.60. The summed E-state index contributed by atoms with van der Waals surface area (Å²) in [5.41, 5.74) is 1.36. The van der Waals surface area contributed by atoms with Crippen molar-refractivity contribution in [1.82, 2.24) is 9.62 Å². The molecule has 0 atom stereocenters. The van der Waals surface area contributed by atoms with Crippen molar-refractivity contribution in [3.05, 3.63) is 53.6 Å². The average molecular weight is 422 g/mol. The minimum atomic E-state index is -3.63. The first-order chi connectivity index (χ1) is 13.2. The molecule has 0 aliphatic rings. The van der Waals surface area contributed by atoms with E-state index >= 15 is 0 Å². The Bertz CT molecular complexity index is 988. The van der Waals surface area contributed by atoms with E-state index < -0.39 is 10.0 Å². The molecule has 0 unspecified atom stereocenters. The molecule has 0 saturated heterocycles. The molecule has 0 saturated carbocycles. The fourth-order valence-corrected chi connectivity index (χ4v) is 4.35. The molecular weight excluding hydrogens is 398 g/mol. The molecule has 0 heterocycles. The SMILES string of the molecule is CNS(=O)(=O)c1cc(NC(=O)c2ccccc2SCC(=O)N(C)C)ccc1C. The van der Waals surface area contributed by atoms with Gasteiger partial charge in [0.05, 0.1) is 16.2 Å². The maximum Gasteiger partial charge on any atom is 0.256 e. The molecular formula is C19H23N3O4S2. The molecule has 0 radical (unpaired) electrons. The van der Waals surface area contributed by atoms with Gasteiger partial charge in [0, 0.05) is 24.7 Å². The highest BCUT2D eigenvalue weighted by atomic mass is 32.2. The van der Waals surface area contributed by atoms with E-state index in [-0.39, 0.29) is 22.5 Å². The van der Waals surface area contributed by atoms with Crippen LogP contribution in [0.5, 0.6) is 0 Å². The third-order valence-electron chi connectivity index (χ3n) is 3.99. The number of hydrogen-bond donors (Lipinski definition) is 2. The number of amides is 2. The molecule has 2 aromatic rings. The van der Waals surface area contributed by atoms with Gasteiger partial charge in [-0.3, -0.25) is 9.59 Å². The van der Waals surface area contributed by atoms with Gasteiger partial charge in [-0.05, 0) is 43.8 Å². The van der Waals surface area contributed by atoms with Gasteiger partial charge >= 0.3 is 0 Å².